The molecule has 4 aromatic rings. The number of benzene rings is 4. The van der Waals surface area contributed by atoms with Crippen molar-refractivity contribution in [2.45, 2.75) is 57.2 Å². The molecule has 0 radical (unpaired) electrons. The minimum absolute atomic E-state index is 0.0255. The van der Waals surface area contributed by atoms with Crippen LogP contribution in [0.4, 0.5) is 0 Å². The normalized spacial score (nSPS) is 25.0. The minimum atomic E-state index is -0.350. The fourth-order valence-corrected chi connectivity index (χ4v) is 8.06. The highest BCUT2D eigenvalue weighted by Crippen LogP contribution is 2.54. The molecule has 2 N–H and O–H groups in total. The molecule has 0 bridgehead atoms. The molecule has 2 unspecified atom stereocenters. The summed E-state index contributed by atoms with van der Waals surface area (Å²) in [4.78, 5) is 0. The third kappa shape index (κ3) is 4.35. The van der Waals surface area contributed by atoms with Crippen LogP contribution in [0.3, 0.4) is 0 Å². The SMILES string of the molecule is CC1(C)c2ccccc2-c2c1cc1ccccc1c2C1=CC=C([C@]2(C)NC(c3ccccc3)=CC(C3C=CC=CC3)N2)CC1. The lowest BCUT2D eigenvalue weighted by molar-refractivity contribution is 0.296. The van der Waals surface area contributed by atoms with Gasteiger partial charge >= 0.3 is 0 Å². The molecule has 2 nitrogen and oxygen atoms in total. The Labute approximate surface area is 261 Å². The van der Waals surface area contributed by atoms with E-state index in [9.17, 15) is 0 Å². The predicted octanol–water partition coefficient (Wildman–Crippen LogP) is 9.70. The van der Waals surface area contributed by atoms with Gasteiger partial charge in [-0.1, -0.05) is 129 Å². The van der Waals surface area contributed by atoms with Crippen molar-refractivity contribution in [3.8, 4) is 11.1 Å². The molecule has 0 fully saturated rings. The third-order valence-corrected chi connectivity index (χ3v) is 10.5. The average Bonchev–Trinajstić information content (AvgIpc) is 3.30. The van der Waals surface area contributed by atoms with Gasteiger partial charge < -0.3 is 5.32 Å². The molecule has 2 heteroatoms. The zero-order valence-electron chi connectivity index (χ0n) is 25.9. The van der Waals surface area contributed by atoms with Crippen LogP contribution in [0.15, 0.2) is 133 Å². The average molecular weight is 573 g/mol. The van der Waals surface area contributed by atoms with E-state index in [0.29, 0.717) is 5.92 Å². The second kappa shape index (κ2) is 10.4. The molecule has 3 atom stereocenters. The van der Waals surface area contributed by atoms with Gasteiger partial charge in [0, 0.05) is 17.2 Å². The molecule has 0 saturated carbocycles. The fourth-order valence-electron chi connectivity index (χ4n) is 8.06. The summed E-state index contributed by atoms with van der Waals surface area (Å²) in [6.45, 7) is 7.10. The van der Waals surface area contributed by atoms with Crippen molar-refractivity contribution in [1.82, 2.24) is 10.6 Å². The Bertz CT molecular complexity index is 1930. The van der Waals surface area contributed by atoms with Crippen LogP contribution in [0.2, 0.25) is 0 Å². The van der Waals surface area contributed by atoms with Crippen molar-refractivity contribution in [3.05, 3.63) is 155 Å². The van der Waals surface area contributed by atoms with Crippen LogP contribution in [0, 0.1) is 5.92 Å². The van der Waals surface area contributed by atoms with E-state index in [0.717, 1.165) is 19.3 Å². The third-order valence-electron chi connectivity index (χ3n) is 10.5. The van der Waals surface area contributed by atoms with Crippen LogP contribution < -0.4 is 10.6 Å². The smallest absolute Gasteiger partial charge is 0.108 e. The molecule has 218 valence electrons. The van der Waals surface area contributed by atoms with Crippen molar-refractivity contribution in [2.24, 2.45) is 5.92 Å². The Morgan fingerprint density at radius 3 is 2.34 bits per heavy atom. The highest BCUT2D eigenvalue weighted by molar-refractivity contribution is 6.05. The first-order valence-corrected chi connectivity index (χ1v) is 16.2. The summed E-state index contributed by atoms with van der Waals surface area (Å²) in [5.41, 5.74) is 12.0. The number of hydrogen-bond donors (Lipinski definition) is 2. The monoisotopic (exact) mass is 572 g/mol. The van der Waals surface area contributed by atoms with Crippen LogP contribution >= 0.6 is 0 Å². The topological polar surface area (TPSA) is 24.1 Å². The highest BCUT2D eigenvalue weighted by atomic mass is 15.2. The Hall–Kier alpha value is -4.40. The van der Waals surface area contributed by atoms with Crippen molar-refractivity contribution >= 4 is 22.0 Å². The first kappa shape index (κ1) is 27.2. The van der Waals surface area contributed by atoms with Gasteiger partial charge in [0.25, 0.3) is 0 Å². The lowest BCUT2D eigenvalue weighted by Gasteiger charge is -2.45. The second-order valence-electron chi connectivity index (χ2n) is 13.5. The van der Waals surface area contributed by atoms with Crippen LogP contribution in [0.5, 0.6) is 0 Å². The van der Waals surface area contributed by atoms with Crippen LogP contribution in [-0.2, 0) is 5.41 Å². The molecule has 1 aliphatic heterocycles. The van der Waals surface area contributed by atoms with Crippen molar-refractivity contribution < 1.29 is 0 Å². The van der Waals surface area contributed by atoms with Gasteiger partial charge in [0.05, 0.1) is 0 Å². The molecule has 0 spiro atoms. The molecule has 44 heavy (non-hydrogen) atoms. The summed E-state index contributed by atoms with van der Waals surface area (Å²) in [7, 11) is 0. The molecule has 4 aliphatic rings. The Morgan fingerprint density at radius 1 is 0.750 bits per heavy atom. The zero-order valence-corrected chi connectivity index (χ0v) is 25.9. The van der Waals surface area contributed by atoms with Gasteiger partial charge in [0.2, 0.25) is 0 Å². The molecular formula is C42H40N2. The van der Waals surface area contributed by atoms with Gasteiger partial charge in [0.15, 0.2) is 0 Å². The van der Waals surface area contributed by atoms with E-state index in [1.54, 1.807) is 0 Å². The van der Waals surface area contributed by atoms with E-state index in [1.165, 1.54) is 61.0 Å². The molecule has 4 aromatic carbocycles. The van der Waals surface area contributed by atoms with Crippen molar-refractivity contribution in [3.63, 3.8) is 0 Å². The number of allylic oxidation sites excluding steroid dienone is 6. The van der Waals surface area contributed by atoms with E-state index in [2.05, 4.69) is 159 Å². The number of nitrogens with one attached hydrogen (secondary N) is 2. The summed E-state index contributed by atoms with van der Waals surface area (Å²) in [6, 6.07) is 31.5. The van der Waals surface area contributed by atoms with E-state index >= 15 is 0 Å². The predicted molar refractivity (Wildman–Crippen MR) is 186 cm³/mol. The standard InChI is InChI=1S/C42H40N2/c1-41(2)35-21-13-12-20-34(35)40-36(41)26-31-18-10-11-19-33(31)39(40)30-22-24-32(25-23-30)42(3)43-37(28-14-6-4-7-15-28)27-38(44-42)29-16-8-5-9-17-29/h4-16,18-22,24,26-27,29,38,43-44H,17,23,25H2,1-3H3/t29?,38?,42-/m1/s1. The van der Waals surface area contributed by atoms with E-state index < -0.39 is 0 Å². The van der Waals surface area contributed by atoms with Crippen molar-refractivity contribution in [1.29, 1.82) is 0 Å². The summed E-state index contributed by atoms with van der Waals surface area (Å²) in [5.74, 6) is 0.428. The Balaban J connectivity index is 1.23. The number of fused-ring (bicyclic) bond motifs is 4. The molecule has 1 heterocycles. The fraction of sp³-hybridized carbons (Fsp3) is 0.238. The Kier molecular flexibility index (Phi) is 6.39. The van der Waals surface area contributed by atoms with Crippen molar-refractivity contribution in [2.75, 3.05) is 0 Å². The second-order valence-corrected chi connectivity index (χ2v) is 13.5. The molecular weight excluding hydrogens is 532 g/mol. The maximum absolute atomic E-state index is 4.05. The van der Waals surface area contributed by atoms with E-state index in [-0.39, 0.29) is 17.1 Å². The molecule has 8 rings (SSSR count). The van der Waals surface area contributed by atoms with Gasteiger partial charge in [-0.25, -0.2) is 0 Å². The van der Waals surface area contributed by atoms with Crippen LogP contribution in [-0.4, -0.2) is 11.7 Å². The Morgan fingerprint density at radius 2 is 1.55 bits per heavy atom. The van der Waals surface area contributed by atoms with Gasteiger partial charge in [0.1, 0.15) is 5.66 Å². The minimum Gasteiger partial charge on any atom is -0.364 e. The van der Waals surface area contributed by atoms with Crippen LogP contribution in [0.25, 0.3) is 33.2 Å². The van der Waals surface area contributed by atoms with Gasteiger partial charge in [-0.3, -0.25) is 5.32 Å². The summed E-state index contributed by atoms with van der Waals surface area (Å²) in [6.07, 6.45) is 19.3. The summed E-state index contributed by atoms with van der Waals surface area (Å²) in [5, 5.41) is 10.7. The first-order chi connectivity index (χ1) is 21.4. The summed E-state index contributed by atoms with van der Waals surface area (Å²) >= 11 is 0. The quantitative estimate of drug-likeness (QED) is 0.254. The molecule has 0 aromatic heterocycles. The van der Waals surface area contributed by atoms with Gasteiger partial charge in [-0.15, -0.1) is 0 Å². The molecule has 3 aliphatic carbocycles. The van der Waals surface area contributed by atoms with E-state index in [1.807, 2.05) is 0 Å². The maximum atomic E-state index is 4.05. The van der Waals surface area contributed by atoms with Gasteiger partial charge in [-0.2, -0.15) is 0 Å². The van der Waals surface area contributed by atoms with Crippen LogP contribution in [0.1, 0.15) is 62.3 Å². The lowest BCUT2D eigenvalue weighted by atomic mass is 9.78. The lowest BCUT2D eigenvalue weighted by Crippen LogP contribution is -2.62. The number of hydrogen-bond acceptors (Lipinski definition) is 2. The zero-order chi connectivity index (χ0) is 29.9. The van der Waals surface area contributed by atoms with E-state index in [4.69, 9.17) is 0 Å². The number of rotatable bonds is 4. The largest absolute Gasteiger partial charge is 0.364 e. The first-order valence-electron chi connectivity index (χ1n) is 16.2. The maximum Gasteiger partial charge on any atom is 0.108 e. The molecule has 0 amide bonds. The molecule has 0 saturated heterocycles. The highest BCUT2D eigenvalue weighted by Gasteiger charge is 2.40. The van der Waals surface area contributed by atoms with Gasteiger partial charge in [-0.05, 0) is 99.5 Å². The summed E-state index contributed by atoms with van der Waals surface area (Å²) < 4.78 is 0.